The minimum Gasteiger partial charge on any atom is -0.507 e. The molecule has 0 saturated heterocycles. The molecule has 4 nitrogen and oxygen atoms in total. The predicted molar refractivity (Wildman–Crippen MR) is 61.3 cm³/mol. The Labute approximate surface area is 101 Å². The molecule has 1 amide bonds. The van der Waals surface area contributed by atoms with Crippen molar-refractivity contribution < 1.29 is 14.3 Å². The maximum Gasteiger partial charge on any atom is 0.255 e. The van der Waals surface area contributed by atoms with Crippen LogP contribution in [0.1, 0.15) is 15.2 Å². The zero-order chi connectivity index (χ0) is 12.3. The molecule has 2 aromatic rings. The summed E-state index contributed by atoms with van der Waals surface area (Å²) in [5, 5.41) is 12.0. The molecule has 0 bridgehead atoms. The third-order valence-corrected chi connectivity index (χ3v) is 2.89. The van der Waals surface area contributed by atoms with E-state index >= 15 is 0 Å². The molecule has 0 fully saturated rings. The Morgan fingerprint density at radius 2 is 2.35 bits per heavy atom. The van der Waals surface area contributed by atoms with Crippen LogP contribution in [0.15, 0.2) is 29.9 Å². The second-order valence-electron chi connectivity index (χ2n) is 3.31. The van der Waals surface area contributed by atoms with Crippen LogP contribution in [0.3, 0.4) is 0 Å². The fraction of sp³-hybridized carbons (Fsp3) is 0.0909. The van der Waals surface area contributed by atoms with Gasteiger partial charge < -0.3 is 10.4 Å². The highest BCUT2D eigenvalue weighted by atomic mass is 32.1. The molecule has 0 saturated carbocycles. The minimum absolute atomic E-state index is 0.0745. The van der Waals surface area contributed by atoms with Crippen LogP contribution in [0, 0.1) is 5.82 Å². The monoisotopic (exact) mass is 252 g/mol. The van der Waals surface area contributed by atoms with Crippen LogP contribution in [-0.4, -0.2) is 16.0 Å². The number of nitrogens with one attached hydrogen (secondary N) is 1. The molecule has 2 rings (SSSR count). The number of thiazole rings is 1. The van der Waals surface area contributed by atoms with E-state index in [1.807, 2.05) is 0 Å². The van der Waals surface area contributed by atoms with Crippen LogP contribution in [0.5, 0.6) is 5.75 Å². The van der Waals surface area contributed by atoms with Crippen LogP contribution in [-0.2, 0) is 6.54 Å². The lowest BCUT2D eigenvalue weighted by atomic mass is 10.2. The molecule has 0 aliphatic heterocycles. The molecule has 1 aromatic carbocycles. The Hall–Kier alpha value is -1.95. The van der Waals surface area contributed by atoms with E-state index in [4.69, 9.17) is 0 Å². The first-order chi connectivity index (χ1) is 8.16. The average molecular weight is 252 g/mol. The molecule has 1 aromatic heterocycles. The fourth-order valence-corrected chi connectivity index (χ4v) is 1.82. The van der Waals surface area contributed by atoms with Gasteiger partial charge in [-0.25, -0.2) is 4.39 Å². The highest BCUT2D eigenvalue weighted by molar-refractivity contribution is 7.09. The fourth-order valence-electron chi connectivity index (χ4n) is 1.28. The lowest BCUT2D eigenvalue weighted by Crippen LogP contribution is -2.22. The summed E-state index contributed by atoms with van der Waals surface area (Å²) in [6.07, 6.45) is 1.64. The summed E-state index contributed by atoms with van der Waals surface area (Å²) in [6, 6.07) is 3.24. The summed E-state index contributed by atoms with van der Waals surface area (Å²) in [7, 11) is 0. The van der Waals surface area contributed by atoms with Crippen molar-refractivity contribution in [2.45, 2.75) is 6.54 Å². The standard InChI is InChI=1S/C11H9FN2O2S/c12-7-1-2-10(15)9(3-7)11(16)14-5-8-4-13-6-17-8/h1-4,6,15H,5H2,(H,14,16). The van der Waals surface area contributed by atoms with Gasteiger partial charge in [0, 0.05) is 11.1 Å². The van der Waals surface area contributed by atoms with Crippen molar-refractivity contribution in [3.05, 3.63) is 46.2 Å². The summed E-state index contributed by atoms with van der Waals surface area (Å²) in [6.45, 7) is 0.305. The van der Waals surface area contributed by atoms with Crippen molar-refractivity contribution in [3.63, 3.8) is 0 Å². The molecule has 0 radical (unpaired) electrons. The number of nitrogens with zero attached hydrogens (tertiary/aromatic N) is 1. The molecule has 6 heteroatoms. The number of phenolic OH excluding ortho intramolecular Hbond substituents is 1. The lowest BCUT2D eigenvalue weighted by molar-refractivity contribution is 0.0948. The van der Waals surface area contributed by atoms with Gasteiger partial charge in [-0.15, -0.1) is 11.3 Å². The van der Waals surface area contributed by atoms with Crippen molar-refractivity contribution in [2.75, 3.05) is 0 Å². The van der Waals surface area contributed by atoms with E-state index in [1.165, 1.54) is 11.3 Å². The van der Waals surface area contributed by atoms with Crippen molar-refractivity contribution in [1.82, 2.24) is 10.3 Å². The summed E-state index contributed by atoms with van der Waals surface area (Å²) in [4.78, 5) is 16.4. The van der Waals surface area contributed by atoms with Gasteiger partial charge in [0.15, 0.2) is 0 Å². The Morgan fingerprint density at radius 1 is 1.53 bits per heavy atom. The number of hydrogen-bond acceptors (Lipinski definition) is 4. The Morgan fingerprint density at radius 3 is 3.06 bits per heavy atom. The maximum atomic E-state index is 12.9. The number of hydrogen-bond donors (Lipinski definition) is 2. The Balaban J connectivity index is 2.07. The molecule has 0 aliphatic carbocycles. The van der Waals surface area contributed by atoms with Gasteiger partial charge in [-0.1, -0.05) is 0 Å². The van der Waals surface area contributed by atoms with E-state index in [-0.39, 0.29) is 11.3 Å². The van der Waals surface area contributed by atoms with Gasteiger partial charge in [0.05, 0.1) is 17.6 Å². The van der Waals surface area contributed by atoms with Crippen LogP contribution < -0.4 is 5.32 Å². The lowest BCUT2D eigenvalue weighted by Gasteiger charge is -2.05. The van der Waals surface area contributed by atoms with Gasteiger partial charge in [0.1, 0.15) is 11.6 Å². The van der Waals surface area contributed by atoms with Gasteiger partial charge in [0.25, 0.3) is 5.91 Å². The first kappa shape index (κ1) is 11.5. The quantitative estimate of drug-likeness (QED) is 0.877. The van der Waals surface area contributed by atoms with Crippen molar-refractivity contribution in [2.24, 2.45) is 0 Å². The van der Waals surface area contributed by atoms with Crippen LogP contribution in [0.25, 0.3) is 0 Å². The van der Waals surface area contributed by atoms with Crippen LogP contribution >= 0.6 is 11.3 Å². The molecular weight excluding hydrogens is 243 g/mol. The maximum absolute atomic E-state index is 12.9. The van der Waals surface area contributed by atoms with Gasteiger partial charge >= 0.3 is 0 Å². The zero-order valence-corrected chi connectivity index (χ0v) is 9.50. The summed E-state index contributed by atoms with van der Waals surface area (Å²) in [5.74, 6) is -1.32. The Bertz CT molecular complexity index is 528. The molecule has 0 unspecified atom stereocenters. The smallest absolute Gasteiger partial charge is 0.255 e. The van der Waals surface area contributed by atoms with Crippen molar-refractivity contribution >= 4 is 17.2 Å². The van der Waals surface area contributed by atoms with E-state index in [0.29, 0.717) is 6.54 Å². The van der Waals surface area contributed by atoms with E-state index in [2.05, 4.69) is 10.3 Å². The highest BCUT2D eigenvalue weighted by Gasteiger charge is 2.11. The number of aromatic nitrogens is 1. The van der Waals surface area contributed by atoms with Crippen molar-refractivity contribution in [3.8, 4) is 5.75 Å². The third-order valence-electron chi connectivity index (χ3n) is 2.11. The average Bonchev–Trinajstić information content (AvgIpc) is 2.82. The van der Waals surface area contributed by atoms with Gasteiger partial charge in [-0.2, -0.15) is 0 Å². The Kier molecular flexibility index (Phi) is 3.34. The molecule has 2 N–H and O–H groups in total. The van der Waals surface area contributed by atoms with E-state index in [9.17, 15) is 14.3 Å². The van der Waals surface area contributed by atoms with E-state index in [0.717, 1.165) is 23.1 Å². The van der Waals surface area contributed by atoms with E-state index in [1.54, 1.807) is 11.7 Å². The summed E-state index contributed by atoms with van der Waals surface area (Å²) < 4.78 is 12.9. The third kappa shape index (κ3) is 2.79. The number of carbonyl (C=O) groups excluding carboxylic acids is 1. The normalized spacial score (nSPS) is 10.2. The summed E-state index contributed by atoms with van der Waals surface area (Å²) in [5.41, 5.74) is 1.58. The molecule has 0 spiro atoms. The van der Waals surface area contributed by atoms with Gasteiger partial charge in [-0.3, -0.25) is 9.78 Å². The molecule has 1 heterocycles. The number of phenols is 1. The van der Waals surface area contributed by atoms with Crippen molar-refractivity contribution in [1.29, 1.82) is 0 Å². The SMILES string of the molecule is O=C(NCc1cncs1)c1cc(F)ccc1O. The zero-order valence-electron chi connectivity index (χ0n) is 8.68. The largest absolute Gasteiger partial charge is 0.507 e. The molecule has 0 aliphatic rings. The first-order valence-corrected chi connectivity index (χ1v) is 5.69. The number of carbonyl (C=O) groups is 1. The minimum atomic E-state index is -0.564. The number of benzene rings is 1. The first-order valence-electron chi connectivity index (χ1n) is 4.81. The number of rotatable bonds is 3. The van der Waals surface area contributed by atoms with Gasteiger partial charge in [0.2, 0.25) is 0 Å². The molecule has 0 atom stereocenters. The second kappa shape index (κ2) is 4.92. The topological polar surface area (TPSA) is 62.2 Å². The second-order valence-corrected chi connectivity index (χ2v) is 4.28. The molecule has 88 valence electrons. The number of aromatic hydroxyl groups is 1. The van der Waals surface area contributed by atoms with E-state index < -0.39 is 11.7 Å². The summed E-state index contributed by atoms with van der Waals surface area (Å²) >= 11 is 1.41. The highest BCUT2D eigenvalue weighted by Crippen LogP contribution is 2.17. The number of halogens is 1. The van der Waals surface area contributed by atoms with Crippen LogP contribution in [0.4, 0.5) is 4.39 Å². The predicted octanol–water partition coefficient (Wildman–Crippen LogP) is 1.92. The molecular formula is C11H9FN2O2S. The van der Waals surface area contributed by atoms with Crippen LogP contribution in [0.2, 0.25) is 0 Å². The molecule has 17 heavy (non-hydrogen) atoms. The van der Waals surface area contributed by atoms with Gasteiger partial charge in [-0.05, 0) is 18.2 Å². The number of amides is 1.